The maximum atomic E-state index is 13.2. The van der Waals surface area contributed by atoms with Gasteiger partial charge >= 0.3 is 11.9 Å². The smallest absolute Gasteiger partial charge is 0.330 e. The van der Waals surface area contributed by atoms with Gasteiger partial charge < -0.3 is 124 Å². The minimum absolute atomic E-state index is 0.000774. The van der Waals surface area contributed by atoms with Crippen LogP contribution in [0.3, 0.4) is 0 Å². The molecule has 8 aliphatic rings. The molecule has 4 saturated carbocycles. The lowest BCUT2D eigenvalue weighted by Gasteiger charge is -2.50. The van der Waals surface area contributed by atoms with Gasteiger partial charge in [0.05, 0.1) is 61.4 Å². The molecule has 0 amide bonds. The van der Waals surface area contributed by atoms with Gasteiger partial charge in [-0.25, -0.2) is 9.59 Å². The van der Waals surface area contributed by atoms with E-state index in [1.807, 2.05) is 0 Å². The van der Waals surface area contributed by atoms with Crippen LogP contribution < -0.4 is 0 Å². The molecule has 452 valence electrons. The monoisotopic (exact) mass is 1140 g/mol. The lowest BCUT2D eigenvalue weighted by atomic mass is 9.72. The number of hydrogen-bond acceptors (Lipinski definition) is 26. The first-order valence-corrected chi connectivity index (χ1v) is 27.6. The van der Waals surface area contributed by atoms with Crippen LogP contribution in [-0.2, 0) is 52.2 Å². The molecule has 30 atom stereocenters. The Bertz CT molecular complexity index is 2000. The number of carbonyl (C=O) groups excluding carboxylic acids is 2. The topological polar surface area (TPSA) is 433 Å². The zero-order chi connectivity index (χ0) is 57.0. The van der Waals surface area contributed by atoms with E-state index in [2.05, 4.69) is 0 Å². The molecule has 8 rings (SSSR count). The summed E-state index contributed by atoms with van der Waals surface area (Å²) in [5.74, 6) is -3.27. The van der Waals surface area contributed by atoms with Crippen molar-refractivity contribution in [3.8, 4) is 0 Å². The van der Waals surface area contributed by atoms with Crippen molar-refractivity contribution in [1.29, 1.82) is 0 Å². The van der Waals surface area contributed by atoms with E-state index in [1.54, 1.807) is 6.08 Å². The summed E-state index contributed by atoms with van der Waals surface area (Å²) in [6.45, 7) is -2.10. The van der Waals surface area contributed by atoms with E-state index in [0.29, 0.717) is 38.5 Å². The minimum atomic E-state index is -2.06. The zero-order valence-electron chi connectivity index (χ0n) is 43.9. The van der Waals surface area contributed by atoms with E-state index in [4.69, 9.17) is 47.4 Å². The van der Waals surface area contributed by atoms with E-state index >= 15 is 0 Å². The molecule has 0 radical (unpaired) electrons. The quantitative estimate of drug-likeness (QED) is 0.0366. The largest absolute Gasteiger partial charge is 0.460 e. The number of ether oxygens (including phenoxy) is 10. The highest BCUT2D eigenvalue weighted by molar-refractivity contribution is 5.82. The highest BCUT2D eigenvalue weighted by atomic mass is 16.8. The normalized spacial score (nSPS) is 49.1. The molecule has 4 aliphatic carbocycles. The molecular weight excluding hydrogens is 1060 g/mol. The van der Waals surface area contributed by atoms with Crippen LogP contribution in [0.2, 0.25) is 0 Å². The fourth-order valence-corrected chi connectivity index (χ4v) is 12.5. The fourth-order valence-electron chi connectivity index (χ4n) is 12.5. The highest BCUT2D eigenvalue weighted by Gasteiger charge is 2.58. The van der Waals surface area contributed by atoms with Gasteiger partial charge in [0.15, 0.2) is 31.1 Å². The van der Waals surface area contributed by atoms with Crippen molar-refractivity contribution in [1.82, 2.24) is 0 Å². The predicted molar refractivity (Wildman–Crippen MR) is 262 cm³/mol. The van der Waals surface area contributed by atoms with Crippen molar-refractivity contribution in [3.63, 3.8) is 0 Å². The van der Waals surface area contributed by atoms with Gasteiger partial charge in [0.2, 0.25) is 0 Å². The highest BCUT2D eigenvalue weighted by Crippen LogP contribution is 2.44. The van der Waals surface area contributed by atoms with Gasteiger partial charge in [0.1, 0.15) is 92.6 Å². The number of allylic oxidation sites excluding steroid dienone is 2. The van der Waals surface area contributed by atoms with Crippen molar-refractivity contribution < 1.29 is 134 Å². The Morgan fingerprint density at radius 1 is 0.494 bits per heavy atom. The average Bonchev–Trinajstić information content (AvgIpc) is 3.45. The molecular formula is C52H83O27+. The summed E-state index contributed by atoms with van der Waals surface area (Å²) in [7, 11) is 1.48. The molecule has 0 spiro atoms. The van der Waals surface area contributed by atoms with Crippen LogP contribution in [-0.4, -0.2) is 279 Å². The van der Waals surface area contributed by atoms with Gasteiger partial charge in [-0.3, -0.25) is 0 Å². The Kier molecular flexibility index (Phi) is 22.1. The Hall–Kier alpha value is -2.50. The Morgan fingerprint density at radius 3 is 1.61 bits per heavy atom. The number of aliphatic hydroxyl groups excluding tert-OH is 15. The molecule has 4 heterocycles. The van der Waals surface area contributed by atoms with Crippen molar-refractivity contribution in [3.05, 3.63) is 24.3 Å². The third kappa shape index (κ3) is 15.1. The molecule has 8 fully saturated rings. The van der Waals surface area contributed by atoms with E-state index in [1.165, 1.54) is 19.3 Å². The molecule has 15 unspecified atom stereocenters. The number of hydrogen-bond donors (Lipinski definition) is 15. The SMILES string of the molecule is COC1CC(C=CC(=O)OC[C@H]2O[C@@H](OC3CC4C(O[C@@H]5O[C@H](CO)[C@@H](O)[C@H](O)[C@H]5O)CC(O)CC4[OH+]C3C3CCC(O)C(O)C3)[C@H](O[C@@H]3O[C@H](COC(=O)C=CC4CCC(O)C(O)C4)[C@@H](O)[C@H](O)[C@H]3O)[C@@H](O)[C@@H]2O)CCC1O. The lowest BCUT2D eigenvalue weighted by Crippen LogP contribution is -2.66. The molecule has 27 nitrogen and oxygen atoms in total. The molecule has 16 N–H and O–H groups in total. The number of rotatable bonds is 17. The van der Waals surface area contributed by atoms with Gasteiger partial charge in [0.25, 0.3) is 0 Å². The third-order valence-electron chi connectivity index (χ3n) is 17.3. The summed E-state index contributed by atoms with van der Waals surface area (Å²) in [6.07, 6.45) is -28.1. The Labute approximate surface area is 455 Å². The summed E-state index contributed by atoms with van der Waals surface area (Å²) in [5.41, 5.74) is 0. The fraction of sp³-hybridized carbons (Fsp3) is 0.885. The van der Waals surface area contributed by atoms with Gasteiger partial charge in [-0.05, 0) is 76.0 Å². The van der Waals surface area contributed by atoms with Crippen LogP contribution in [0.1, 0.15) is 77.0 Å². The molecule has 27 heteroatoms. The summed E-state index contributed by atoms with van der Waals surface area (Å²) in [6, 6.07) is 0. The number of aliphatic hydroxyl groups is 17. The van der Waals surface area contributed by atoms with Crippen molar-refractivity contribution in [2.24, 2.45) is 23.7 Å². The van der Waals surface area contributed by atoms with Crippen LogP contribution in [0, 0.1) is 23.7 Å². The van der Waals surface area contributed by atoms with Gasteiger partial charge in [-0.15, -0.1) is 0 Å². The summed E-state index contributed by atoms with van der Waals surface area (Å²) in [4.78, 5) is 26.0. The van der Waals surface area contributed by atoms with Gasteiger partial charge in [-0.2, -0.15) is 0 Å². The molecule has 0 bridgehead atoms. The second-order valence-electron chi connectivity index (χ2n) is 22.7. The summed E-state index contributed by atoms with van der Waals surface area (Å²) < 4.78 is 58.5. The third-order valence-corrected chi connectivity index (χ3v) is 17.3. The van der Waals surface area contributed by atoms with E-state index in [9.17, 15) is 86.2 Å². The van der Waals surface area contributed by atoms with Gasteiger partial charge in [0, 0.05) is 38.0 Å². The maximum absolute atomic E-state index is 13.2. The van der Waals surface area contributed by atoms with E-state index in [0.717, 1.165) is 6.08 Å². The second-order valence-corrected chi connectivity index (χ2v) is 22.7. The molecule has 0 aromatic carbocycles. The molecule has 4 aliphatic heterocycles. The summed E-state index contributed by atoms with van der Waals surface area (Å²) >= 11 is 0. The van der Waals surface area contributed by atoms with Crippen molar-refractivity contribution in [2.45, 2.75) is 236 Å². The van der Waals surface area contributed by atoms with Crippen molar-refractivity contribution >= 4 is 11.9 Å². The second kappa shape index (κ2) is 27.9. The standard InChI is InChI=1S/C52H82O27/c1-70-33-13-22(3-8-28(33)57)5-11-39(61)72-20-37-42(64)45(67)49(79-51-47(69)44(66)41(63)36(77-51)19-71-38(60)10-4-21-2-7-26(55)29(58)12-21)52(78-37)75-34-17-25-31(73-48(34)23-6-9-27(56)30(59)14-23)15-24(54)16-32(25)74-50-46(68)43(65)40(62)35(18-53)76-50/h4-5,10-11,21-37,40-59,62-69H,2-3,6-9,12-20H2,1H3/p+1/t21?,22?,23?,24?,25?,26?,27?,28?,29?,30?,31?,32?,33?,34?,35-,36-,37-,40-,41-,42-,43+,44+,45+,46-,47-,48?,49-,50-,51+,52-/m1/s1. The van der Waals surface area contributed by atoms with Crippen molar-refractivity contribution in [2.75, 3.05) is 26.9 Å². The first-order valence-electron chi connectivity index (χ1n) is 27.6. The summed E-state index contributed by atoms with van der Waals surface area (Å²) in [5, 5.41) is 162. The van der Waals surface area contributed by atoms with Crippen LogP contribution in [0.5, 0.6) is 0 Å². The van der Waals surface area contributed by atoms with Crippen LogP contribution in [0.15, 0.2) is 24.3 Å². The number of carbonyl (C=O) groups is 2. The van der Waals surface area contributed by atoms with E-state index < -0.39 is 203 Å². The first-order chi connectivity index (χ1) is 37.6. The Balaban J connectivity index is 1.04. The predicted octanol–water partition coefficient (Wildman–Crippen LogP) is -5.95. The molecule has 0 aromatic rings. The van der Waals surface area contributed by atoms with Crippen LogP contribution in [0.25, 0.3) is 0 Å². The van der Waals surface area contributed by atoms with Gasteiger partial charge in [-0.1, -0.05) is 12.2 Å². The number of methoxy groups -OCH3 is 1. The van der Waals surface area contributed by atoms with E-state index in [-0.39, 0.29) is 50.4 Å². The minimum Gasteiger partial charge on any atom is -0.460 e. The Morgan fingerprint density at radius 2 is 1.01 bits per heavy atom. The molecule has 79 heavy (non-hydrogen) atoms. The number of esters is 2. The number of fused-ring (bicyclic) bond motifs is 1. The molecule has 0 aromatic heterocycles. The maximum Gasteiger partial charge on any atom is 0.330 e. The zero-order valence-corrected chi connectivity index (χ0v) is 43.9. The lowest BCUT2D eigenvalue weighted by molar-refractivity contribution is -0.390. The molecule has 4 saturated heterocycles. The van der Waals surface area contributed by atoms with Crippen LogP contribution >= 0.6 is 0 Å². The first kappa shape index (κ1) is 62.5. The average molecular weight is 1140 g/mol. The van der Waals surface area contributed by atoms with Crippen LogP contribution in [0.4, 0.5) is 0 Å².